The van der Waals surface area contributed by atoms with Gasteiger partial charge in [-0.05, 0) is 30.3 Å². The Bertz CT molecular complexity index is 851. The van der Waals surface area contributed by atoms with Gasteiger partial charge in [0.05, 0.1) is 18.5 Å². The second-order valence-corrected chi connectivity index (χ2v) is 6.48. The van der Waals surface area contributed by atoms with Crippen LogP contribution in [0.3, 0.4) is 0 Å². The number of carbonyl (C=O) groups excluding carboxylic acids is 3. The van der Waals surface area contributed by atoms with Gasteiger partial charge in [0.15, 0.2) is 0 Å². The molecule has 8 nitrogen and oxygen atoms in total. The molecule has 2 aromatic carbocycles. The third-order valence-corrected chi connectivity index (χ3v) is 4.38. The maximum atomic E-state index is 11.7. The number of methoxy groups -OCH3 is 1. The van der Waals surface area contributed by atoms with Crippen LogP contribution in [-0.4, -0.2) is 31.5 Å². The molecule has 0 unspecified atom stereocenters. The molecule has 0 aliphatic rings. The van der Waals surface area contributed by atoms with Gasteiger partial charge in [-0.15, -0.1) is 0 Å². The van der Waals surface area contributed by atoms with Crippen molar-refractivity contribution in [1.29, 1.82) is 0 Å². The molecule has 0 aliphatic carbocycles. The number of hydrogen-bond donors (Lipinski definition) is 3. The molecule has 0 spiro atoms. The van der Waals surface area contributed by atoms with E-state index in [9.17, 15) is 14.4 Å². The van der Waals surface area contributed by atoms with Crippen molar-refractivity contribution in [2.75, 3.05) is 12.4 Å². The molecule has 0 aromatic heterocycles. The normalized spacial score (nSPS) is 10.7. The summed E-state index contributed by atoms with van der Waals surface area (Å²) in [6.45, 7) is 1.67. The number of guanidine groups is 1. The number of nitrogens with one attached hydrogen (secondary N) is 3. The van der Waals surface area contributed by atoms with Gasteiger partial charge >= 0.3 is 6.09 Å². The van der Waals surface area contributed by atoms with Crippen LogP contribution >= 0.6 is 11.8 Å². The monoisotopic (exact) mass is 400 g/mol. The number of benzene rings is 2. The second kappa shape index (κ2) is 10.7. The zero-order chi connectivity index (χ0) is 20.4. The number of ether oxygens (including phenoxy) is 1. The molecule has 146 valence electrons. The molecule has 0 bridgehead atoms. The molecule has 0 atom stereocenters. The van der Waals surface area contributed by atoms with Crippen molar-refractivity contribution in [2.24, 2.45) is 4.99 Å². The molecule has 2 rings (SSSR count). The minimum atomic E-state index is -0.781. The van der Waals surface area contributed by atoms with Crippen LogP contribution in [0.15, 0.2) is 63.3 Å². The van der Waals surface area contributed by atoms with Crippen LogP contribution in [0.4, 0.5) is 16.2 Å². The molecule has 28 heavy (non-hydrogen) atoms. The Morgan fingerprint density at radius 3 is 2.50 bits per heavy atom. The fourth-order valence-electron chi connectivity index (χ4n) is 2.06. The zero-order valence-electron chi connectivity index (χ0n) is 15.4. The first-order valence-electron chi connectivity index (χ1n) is 8.36. The van der Waals surface area contributed by atoms with Crippen LogP contribution in [-0.2, 0) is 14.3 Å². The number of amides is 3. The SMILES string of the molecule is CCC(=O)NC(=Nc1ccc(Sc2ccccc2)cc1NC=O)NC(=O)OC. The number of aliphatic imine (C=N–C) groups is 1. The fourth-order valence-corrected chi connectivity index (χ4v) is 2.93. The van der Waals surface area contributed by atoms with Crippen LogP contribution in [0, 0.1) is 0 Å². The fraction of sp³-hybridized carbons (Fsp3) is 0.158. The lowest BCUT2D eigenvalue weighted by Crippen LogP contribution is -2.43. The van der Waals surface area contributed by atoms with Crippen molar-refractivity contribution in [3.8, 4) is 0 Å². The summed E-state index contributed by atoms with van der Waals surface area (Å²) in [7, 11) is 1.20. The van der Waals surface area contributed by atoms with E-state index in [0.717, 1.165) is 9.79 Å². The Hall–Kier alpha value is -3.33. The minimum absolute atomic E-state index is 0.101. The van der Waals surface area contributed by atoms with E-state index < -0.39 is 6.09 Å². The molecule has 2 aromatic rings. The van der Waals surface area contributed by atoms with Crippen molar-refractivity contribution >= 4 is 47.5 Å². The van der Waals surface area contributed by atoms with Crippen molar-refractivity contribution < 1.29 is 19.1 Å². The van der Waals surface area contributed by atoms with Gasteiger partial charge in [0.25, 0.3) is 0 Å². The highest BCUT2D eigenvalue weighted by Crippen LogP contribution is 2.34. The Kier molecular flexibility index (Phi) is 8.04. The van der Waals surface area contributed by atoms with Gasteiger partial charge < -0.3 is 10.1 Å². The first-order chi connectivity index (χ1) is 13.5. The molecule has 0 saturated carbocycles. The summed E-state index contributed by atoms with van der Waals surface area (Å²) in [6.07, 6.45) is -0.0477. The quantitative estimate of drug-likeness (QED) is 0.392. The summed E-state index contributed by atoms with van der Waals surface area (Å²) >= 11 is 1.52. The number of alkyl carbamates (subject to hydrolysis) is 1. The summed E-state index contributed by atoms with van der Waals surface area (Å²) in [5.74, 6) is -0.438. The largest absolute Gasteiger partial charge is 0.453 e. The summed E-state index contributed by atoms with van der Waals surface area (Å²) in [4.78, 5) is 40.4. The smallest absolute Gasteiger partial charge is 0.413 e. The second-order valence-electron chi connectivity index (χ2n) is 5.33. The van der Waals surface area contributed by atoms with E-state index in [-0.39, 0.29) is 18.3 Å². The average molecular weight is 400 g/mol. The van der Waals surface area contributed by atoms with Crippen LogP contribution in [0.5, 0.6) is 0 Å². The highest BCUT2D eigenvalue weighted by molar-refractivity contribution is 7.99. The molecule has 0 saturated heterocycles. The number of rotatable bonds is 6. The van der Waals surface area contributed by atoms with Gasteiger partial charge in [0.2, 0.25) is 18.3 Å². The lowest BCUT2D eigenvalue weighted by atomic mass is 10.2. The van der Waals surface area contributed by atoms with E-state index in [0.29, 0.717) is 17.8 Å². The Labute approximate surface area is 166 Å². The van der Waals surface area contributed by atoms with Crippen LogP contribution < -0.4 is 16.0 Å². The van der Waals surface area contributed by atoms with E-state index in [4.69, 9.17) is 0 Å². The number of nitrogens with zero attached hydrogens (tertiary/aromatic N) is 1. The number of hydrogen-bond acceptors (Lipinski definition) is 6. The number of carbonyl (C=O) groups is 3. The predicted molar refractivity (Wildman–Crippen MR) is 108 cm³/mol. The van der Waals surface area contributed by atoms with Crippen molar-refractivity contribution in [3.63, 3.8) is 0 Å². The molecule has 0 radical (unpaired) electrons. The van der Waals surface area contributed by atoms with Gasteiger partial charge in [-0.25, -0.2) is 9.79 Å². The van der Waals surface area contributed by atoms with Gasteiger partial charge in [0.1, 0.15) is 0 Å². The maximum Gasteiger partial charge on any atom is 0.413 e. The predicted octanol–water partition coefficient (Wildman–Crippen LogP) is 3.28. The molecule has 0 heterocycles. The molecule has 9 heteroatoms. The molecule has 3 amide bonds. The van der Waals surface area contributed by atoms with Crippen molar-refractivity contribution in [1.82, 2.24) is 10.6 Å². The summed E-state index contributed by atoms with van der Waals surface area (Å²) in [6, 6.07) is 15.0. The van der Waals surface area contributed by atoms with E-state index in [1.165, 1.54) is 18.9 Å². The van der Waals surface area contributed by atoms with Gasteiger partial charge in [-0.2, -0.15) is 0 Å². The van der Waals surface area contributed by atoms with E-state index in [1.807, 2.05) is 36.4 Å². The van der Waals surface area contributed by atoms with Gasteiger partial charge in [-0.3, -0.25) is 20.2 Å². The highest BCUT2D eigenvalue weighted by atomic mass is 32.2. The summed E-state index contributed by atoms with van der Waals surface area (Å²) < 4.78 is 4.54. The van der Waals surface area contributed by atoms with Gasteiger partial charge in [0, 0.05) is 16.2 Å². The Balaban J connectivity index is 2.34. The van der Waals surface area contributed by atoms with Crippen molar-refractivity contribution in [3.05, 3.63) is 48.5 Å². The summed E-state index contributed by atoms with van der Waals surface area (Å²) in [5, 5.41) is 7.41. The maximum absolute atomic E-state index is 11.7. The topological polar surface area (TPSA) is 109 Å². The van der Waals surface area contributed by atoms with E-state index >= 15 is 0 Å². The zero-order valence-corrected chi connectivity index (χ0v) is 16.2. The van der Waals surface area contributed by atoms with Crippen LogP contribution in [0.1, 0.15) is 13.3 Å². The van der Waals surface area contributed by atoms with Crippen LogP contribution in [0.2, 0.25) is 0 Å². The first kappa shape index (κ1) is 21.0. The molecular formula is C19H20N4O4S. The Morgan fingerprint density at radius 2 is 1.86 bits per heavy atom. The third-order valence-electron chi connectivity index (χ3n) is 3.38. The van der Waals surface area contributed by atoms with E-state index in [1.54, 1.807) is 19.1 Å². The standard InChI is InChI=1S/C19H20N4O4S/c1-3-17(25)22-18(23-19(26)27-2)21-15-10-9-14(11-16(15)20-12-24)28-13-7-5-4-6-8-13/h4-12H,3H2,1-2H3,(H,20,24)(H2,21,22,23,25,26). The minimum Gasteiger partial charge on any atom is -0.453 e. The lowest BCUT2D eigenvalue weighted by Gasteiger charge is -2.12. The van der Waals surface area contributed by atoms with Crippen molar-refractivity contribution in [2.45, 2.75) is 23.1 Å². The Morgan fingerprint density at radius 1 is 1.11 bits per heavy atom. The average Bonchev–Trinajstić information content (AvgIpc) is 2.70. The first-order valence-corrected chi connectivity index (χ1v) is 9.18. The summed E-state index contributed by atoms with van der Waals surface area (Å²) in [5.41, 5.74) is 0.776. The van der Waals surface area contributed by atoms with E-state index in [2.05, 4.69) is 25.7 Å². The molecular weight excluding hydrogens is 380 g/mol. The lowest BCUT2D eigenvalue weighted by molar-refractivity contribution is -0.119. The number of anilines is 1. The third kappa shape index (κ3) is 6.44. The molecule has 0 aliphatic heterocycles. The molecule has 0 fully saturated rings. The highest BCUT2D eigenvalue weighted by Gasteiger charge is 2.11. The molecule has 3 N–H and O–H groups in total. The van der Waals surface area contributed by atoms with Crippen LogP contribution in [0.25, 0.3) is 0 Å². The van der Waals surface area contributed by atoms with Gasteiger partial charge in [-0.1, -0.05) is 36.9 Å².